The van der Waals surface area contributed by atoms with Gasteiger partial charge in [0.1, 0.15) is 5.75 Å². The molecule has 0 radical (unpaired) electrons. The van der Waals surface area contributed by atoms with Gasteiger partial charge in [0.2, 0.25) is 0 Å². The van der Waals surface area contributed by atoms with Crippen LogP contribution in [0.2, 0.25) is 0 Å². The number of benzene rings is 1. The van der Waals surface area contributed by atoms with Crippen LogP contribution < -0.4 is 14.2 Å². The molecule has 0 aliphatic heterocycles. The third kappa shape index (κ3) is 4.05. The molecule has 7 heteroatoms. The van der Waals surface area contributed by atoms with Crippen LogP contribution in [0.4, 0.5) is 0 Å². The van der Waals surface area contributed by atoms with Gasteiger partial charge in [0.05, 0.1) is 18.1 Å². The molecule has 0 aromatic heterocycles. The summed E-state index contributed by atoms with van der Waals surface area (Å²) >= 11 is -2.56. The normalized spacial score (nSPS) is 11.6. The van der Waals surface area contributed by atoms with Crippen molar-refractivity contribution in [2.45, 2.75) is 25.7 Å². The average Bonchev–Trinajstić information content (AvgIpc) is 2.45. The molecule has 0 amide bonds. The van der Waals surface area contributed by atoms with Crippen molar-refractivity contribution < 1.29 is 27.8 Å². The summed E-state index contributed by atoms with van der Waals surface area (Å²) in [6, 6.07) is 1.23. The van der Waals surface area contributed by atoms with Gasteiger partial charge in [0, 0.05) is 17.7 Å². The fourth-order valence-corrected chi connectivity index (χ4v) is 2.17. The van der Waals surface area contributed by atoms with Crippen LogP contribution in [0, 0.1) is 6.92 Å². The zero-order valence-electron chi connectivity index (χ0n) is 12.1. The van der Waals surface area contributed by atoms with Crippen LogP contribution in [0.5, 0.6) is 17.2 Å². The maximum Gasteiger partial charge on any atom is 0.335 e. The molecule has 116 valence electrons. The van der Waals surface area contributed by atoms with Crippen molar-refractivity contribution in [2.24, 2.45) is 0 Å². The highest BCUT2D eigenvalue weighted by Crippen LogP contribution is 2.42. The van der Waals surface area contributed by atoms with Crippen LogP contribution in [-0.2, 0) is 15.9 Å². The Hall–Kier alpha value is -1.86. The van der Waals surface area contributed by atoms with Gasteiger partial charge in [-0.3, -0.25) is 4.21 Å². The topological polar surface area (TPSA) is 84.9 Å². The Kier molecular flexibility index (Phi) is 6.39. The molecule has 0 bridgehead atoms. The second kappa shape index (κ2) is 7.80. The number of ether oxygens (including phenoxy) is 3. The van der Waals surface area contributed by atoms with Gasteiger partial charge in [-0.05, 0) is 31.9 Å². The summed E-state index contributed by atoms with van der Waals surface area (Å²) in [4.78, 5) is 11.2. The highest BCUT2D eigenvalue weighted by molar-refractivity contribution is 7.79. The lowest BCUT2D eigenvalue weighted by Crippen LogP contribution is -2.09. The average molecular weight is 313 g/mol. The Morgan fingerprint density at radius 3 is 2.38 bits per heavy atom. The Bertz CT molecular complexity index is 567. The van der Waals surface area contributed by atoms with E-state index in [1.165, 1.54) is 6.07 Å². The molecule has 0 heterocycles. The maximum atomic E-state index is 11.4. The third-order valence-electron chi connectivity index (χ3n) is 2.54. The lowest BCUT2D eigenvalue weighted by atomic mass is 10.2. The van der Waals surface area contributed by atoms with Gasteiger partial charge >= 0.3 is 5.97 Å². The second-order valence-electron chi connectivity index (χ2n) is 3.88. The van der Waals surface area contributed by atoms with E-state index >= 15 is 0 Å². The van der Waals surface area contributed by atoms with Gasteiger partial charge in [-0.25, -0.2) is 4.79 Å². The predicted molar refractivity (Wildman–Crippen MR) is 76.5 cm³/mol. The standard InChI is InChI=1S/C14H18O6S/c1-5-12(15)20-10-8-11(21(16)17)14(19-7-3)13(9(10)4)18-6-2/h5,8H,1,6-7H2,2-4H3,(H,16,17)/p-1. The Labute approximate surface area is 126 Å². The van der Waals surface area contributed by atoms with E-state index in [4.69, 9.17) is 14.2 Å². The molecule has 0 aliphatic rings. The minimum atomic E-state index is -2.56. The zero-order chi connectivity index (χ0) is 16.0. The molecule has 1 unspecified atom stereocenters. The summed E-state index contributed by atoms with van der Waals surface area (Å²) in [5.74, 6) is -0.241. The smallest absolute Gasteiger partial charge is 0.335 e. The fourth-order valence-electron chi connectivity index (χ4n) is 1.67. The highest BCUT2D eigenvalue weighted by Gasteiger charge is 2.20. The predicted octanol–water partition coefficient (Wildman–Crippen LogP) is 2.12. The molecule has 0 saturated carbocycles. The summed E-state index contributed by atoms with van der Waals surface area (Å²) in [5, 5.41) is 0. The van der Waals surface area contributed by atoms with E-state index in [1.54, 1.807) is 20.8 Å². The number of esters is 1. The second-order valence-corrected chi connectivity index (χ2v) is 4.79. The number of carbonyl (C=O) groups is 1. The van der Waals surface area contributed by atoms with Crippen molar-refractivity contribution in [3.05, 3.63) is 24.3 Å². The molecule has 1 rings (SSSR count). The van der Waals surface area contributed by atoms with E-state index < -0.39 is 17.0 Å². The van der Waals surface area contributed by atoms with Crippen LogP contribution >= 0.6 is 0 Å². The summed E-state index contributed by atoms with van der Waals surface area (Å²) in [5.41, 5.74) is 0.477. The summed E-state index contributed by atoms with van der Waals surface area (Å²) < 4.78 is 38.6. The van der Waals surface area contributed by atoms with E-state index in [-0.39, 0.29) is 28.8 Å². The maximum absolute atomic E-state index is 11.4. The van der Waals surface area contributed by atoms with E-state index in [0.29, 0.717) is 12.2 Å². The lowest BCUT2D eigenvalue weighted by Gasteiger charge is -2.20. The van der Waals surface area contributed by atoms with E-state index in [9.17, 15) is 13.6 Å². The van der Waals surface area contributed by atoms with Gasteiger partial charge in [0.25, 0.3) is 0 Å². The number of hydrogen-bond acceptors (Lipinski definition) is 6. The first-order chi connectivity index (χ1) is 9.96. The molecule has 1 aromatic carbocycles. The van der Waals surface area contributed by atoms with Crippen molar-refractivity contribution in [2.75, 3.05) is 13.2 Å². The minimum absolute atomic E-state index is 0.0889. The molecular weight excluding hydrogens is 296 g/mol. The van der Waals surface area contributed by atoms with Gasteiger partial charge in [-0.1, -0.05) is 6.58 Å². The minimum Gasteiger partial charge on any atom is -0.768 e. The van der Waals surface area contributed by atoms with Gasteiger partial charge < -0.3 is 18.8 Å². The van der Waals surface area contributed by atoms with E-state index in [2.05, 4.69) is 6.58 Å². The van der Waals surface area contributed by atoms with Crippen molar-refractivity contribution in [1.82, 2.24) is 0 Å². The van der Waals surface area contributed by atoms with E-state index in [1.807, 2.05) is 0 Å². The van der Waals surface area contributed by atoms with Gasteiger partial charge in [0.15, 0.2) is 11.5 Å². The lowest BCUT2D eigenvalue weighted by molar-refractivity contribution is -0.129. The number of rotatable bonds is 7. The van der Waals surface area contributed by atoms with E-state index in [0.717, 1.165) is 6.08 Å². The third-order valence-corrected chi connectivity index (χ3v) is 3.20. The summed E-state index contributed by atoms with van der Waals surface area (Å²) in [6.07, 6.45) is 0.990. The molecule has 21 heavy (non-hydrogen) atoms. The number of hydrogen-bond donors (Lipinski definition) is 0. The molecule has 0 aliphatic carbocycles. The monoisotopic (exact) mass is 313 g/mol. The molecule has 0 spiro atoms. The molecule has 1 aromatic rings. The van der Waals surface area contributed by atoms with Crippen molar-refractivity contribution in [3.8, 4) is 17.2 Å². The van der Waals surface area contributed by atoms with Crippen molar-refractivity contribution in [1.29, 1.82) is 0 Å². The van der Waals surface area contributed by atoms with Crippen LogP contribution in [0.15, 0.2) is 23.6 Å². The van der Waals surface area contributed by atoms with Gasteiger partial charge in [-0.2, -0.15) is 0 Å². The molecule has 0 N–H and O–H groups in total. The number of carbonyl (C=O) groups excluding carboxylic acids is 1. The molecule has 6 nitrogen and oxygen atoms in total. The summed E-state index contributed by atoms with van der Waals surface area (Å²) in [6.45, 7) is 9.02. The first-order valence-electron chi connectivity index (χ1n) is 6.32. The zero-order valence-corrected chi connectivity index (χ0v) is 13.0. The first-order valence-corrected chi connectivity index (χ1v) is 7.40. The quantitative estimate of drug-likeness (QED) is 0.332. The SMILES string of the molecule is C=CC(=O)Oc1cc(S(=O)[O-])c(OCC)c(OCC)c1C. The summed E-state index contributed by atoms with van der Waals surface area (Å²) in [7, 11) is 0. The Morgan fingerprint density at radius 2 is 1.90 bits per heavy atom. The Balaban J connectivity index is 3.51. The Morgan fingerprint density at radius 1 is 1.33 bits per heavy atom. The van der Waals surface area contributed by atoms with Gasteiger partial charge in [-0.15, -0.1) is 0 Å². The van der Waals surface area contributed by atoms with Crippen molar-refractivity contribution in [3.63, 3.8) is 0 Å². The highest BCUT2D eigenvalue weighted by atomic mass is 32.2. The molecule has 0 fully saturated rings. The fraction of sp³-hybridized carbons (Fsp3) is 0.357. The van der Waals surface area contributed by atoms with Crippen LogP contribution in [0.3, 0.4) is 0 Å². The van der Waals surface area contributed by atoms with Crippen LogP contribution in [0.25, 0.3) is 0 Å². The first kappa shape index (κ1) is 17.2. The molecule has 1 atom stereocenters. The van der Waals surface area contributed by atoms with Crippen LogP contribution in [-0.4, -0.2) is 27.9 Å². The largest absolute Gasteiger partial charge is 0.768 e. The molecule has 0 saturated heterocycles. The van der Waals surface area contributed by atoms with Crippen molar-refractivity contribution >= 4 is 17.0 Å². The van der Waals surface area contributed by atoms with Crippen LogP contribution in [0.1, 0.15) is 19.4 Å². The molecular formula is C14H17O6S-.